The van der Waals surface area contributed by atoms with Crippen molar-refractivity contribution in [3.05, 3.63) is 0 Å². The lowest BCUT2D eigenvalue weighted by Gasteiger charge is -2.27. The summed E-state index contributed by atoms with van der Waals surface area (Å²) in [7, 11) is 0. The first kappa shape index (κ1) is 8.81. The second-order valence-electron chi connectivity index (χ2n) is 3.34. The van der Waals surface area contributed by atoms with E-state index in [2.05, 4.69) is 10.6 Å². The minimum Gasteiger partial charge on any atom is -0.351 e. The molecule has 1 saturated heterocycles. The molecule has 3 nitrogen and oxygen atoms in total. The van der Waals surface area contributed by atoms with Crippen molar-refractivity contribution in [2.75, 3.05) is 6.54 Å². The van der Waals surface area contributed by atoms with Crippen LogP contribution in [-0.4, -0.2) is 24.0 Å². The summed E-state index contributed by atoms with van der Waals surface area (Å²) in [4.78, 5) is 11.2. The summed E-state index contributed by atoms with van der Waals surface area (Å²) in [5.41, 5.74) is -0.132. The third kappa shape index (κ3) is 1.35. The van der Waals surface area contributed by atoms with Crippen LogP contribution in [0.25, 0.3) is 0 Å². The maximum atomic E-state index is 11.2. The topological polar surface area (TPSA) is 41.1 Å². The normalized spacial score (nSPS) is 32.5. The molecule has 2 aliphatic rings. The fourth-order valence-electron chi connectivity index (χ4n) is 1.37. The van der Waals surface area contributed by atoms with E-state index in [-0.39, 0.29) is 23.9 Å². The molecule has 2 rings (SSSR count). The van der Waals surface area contributed by atoms with Gasteiger partial charge in [0.25, 0.3) is 0 Å². The first-order valence-electron chi connectivity index (χ1n) is 3.79. The van der Waals surface area contributed by atoms with Gasteiger partial charge in [-0.2, -0.15) is 0 Å². The number of carbonyl (C=O) groups is 1. The highest BCUT2D eigenvalue weighted by Crippen LogP contribution is 2.36. The van der Waals surface area contributed by atoms with E-state index in [1.54, 1.807) is 0 Å². The molecule has 2 N–H and O–H groups in total. The quantitative estimate of drug-likeness (QED) is 0.548. The Labute approximate surface area is 72.3 Å². The lowest BCUT2D eigenvalue weighted by atomic mass is 10.1. The molecule has 4 heteroatoms. The van der Waals surface area contributed by atoms with Gasteiger partial charge < -0.3 is 10.6 Å². The van der Waals surface area contributed by atoms with Crippen molar-refractivity contribution in [1.82, 2.24) is 10.6 Å². The Morgan fingerprint density at radius 2 is 2.18 bits per heavy atom. The molecule has 0 aromatic rings. The highest BCUT2D eigenvalue weighted by atomic mass is 35.5. The lowest BCUT2D eigenvalue weighted by Crippen LogP contribution is -2.58. The smallest absolute Gasteiger partial charge is 0.240 e. The number of carbonyl (C=O) groups excluding carboxylic acids is 1. The van der Waals surface area contributed by atoms with Crippen LogP contribution in [0.4, 0.5) is 0 Å². The first-order valence-corrected chi connectivity index (χ1v) is 3.79. The van der Waals surface area contributed by atoms with E-state index in [0.717, 1.165) is 19.4 Å². The summed E-state index contributed by atoms with van der Waals surface area (Å²) in [5.74, 6) is 0.200. The van der Waals surface area contributed by atoms with E-state index in [0.29, 0.717) is 6.04 Å². The number of piperazine rings is 1. The van der Waals surface area contributed by atoms with Gasteiger partial charge in [0.2, 0.25) is 5.91 Å². The van der Waals surface area contributed by atoms with Gasteiger partial charge in [-0.3, -0.25) is 4.79 Å². The molecule has 0 aromatic carbocycles. The maximum Gasteiger partial charge on any atom is 0.240 e. The zero-order valence-corrected chi connectivity index (χ0v) is 7.33. The molecule has 0 aromatic heterocycles. The van der Waals surface area contributed by atoms with Crippen molar-refractivity contribution in [1.29, 1.82) is 0 Å². The van der Waals surface area contributed by atoms with Gasteiger partial charge in [-0.25, -0.2) is 0 Å². The van der Waals surface area contributed by atoms with Crippen LogP contribution in [0.15, 0.2) is 0 Å². The van der Waals surface area contributed by atoms with Gasteiger partial charge in [0.05, 0.1) is 5.54 Å². The molecule has 64 valence electrons. The molecule has 11 heavy (non-hydrogen) atoms. The maximum absolute atomic E-state index is 11.2. The second-order valence-corrected chi connectivity index (χ2v) is 3.34. The van der Waals surface area contributed by atoms with E-state index in [4.69, 9.17) is 0 Å². The van der Waals surface area contributed by atoms with Crippen LogP contribution in [0.3, 0.4) is 0 Å². The highest BCUT2D eigenvalue weighted by molar-refractivity contribution is 5.90. The van der Waals surface area contributed by atoms with Crippen molar-refractivity contribution in [2.45, 2.75) is 31.3 Å². The van der Waals surface area contributed by atoms with E-state index in [9.17, 15) is 4.79 Å². The van der Waals surface area contributed by atoms with Gasteiger partial charge in [-0.15, -0.1) is 12.4 Å². The van der Waals surface area contributed by atoms with Crippen molar-refractivity contribution >= 4 is 18.3 Å². The van der Waals surface area contributed by atoms with Crippen LogP contribution in [0.1, 0.15) is 19.8 Å². The number of rotatable bonds is 0. The fourth-order valence-corrected chi connectivity index (χ4v) is 1.37. The second kappa shape index (κ2) is 2.64. The summed E-state index contributed by atoms with van der Waals surface area (Å²) in [6.45, 7) is 2.94. The Morgan fingerprint density at radius 1 is 1.55 bits per heavy atom. The molecule has 1 unspecified atom stereocenters. The van der Waals surface area contributed by atoms with Crippen LogP contribution >= 0.6 is 12.4 Å². The van der Waals surface area contributed by atoms with Gasteiger partial charge in [0.15, 0.2) is 0 Å². The molecular weight excluding hydrogens is 164 g/mol. The Bertz CT molecular complexity index is 179. The molecule has 1 aliphatic heterocycles. The predicted octanol–water partition coefficient (Wildman–Crippen LogP) is 0.0487. The van der Waals surface area contributed by atoms with Crippen LogP contribution in [0.2, 0.25) is 0 Å². The molecular formula is C7H13ClN2O. The van der Waals surface area contributed by atoms with Crippen molar-refractivity contribution in [3.63, 3.8) is 0 Å². The summed E-state index contributed by atoms with van der Waals surface area (Å²) in [6, 6.07) is 0.304. The first-order chi connectivity index (χ1) is 4.73. The molecule has 1 saturated carbocycles. The zero-order valence-electron chi connectivity index (χ0n) is 6.52. The number of hydrogen-bond acceptors (Lipinski definition) is 2. The van der Waals surface area contributed by atoms with Crippen LogP contribution in [0.5, 0.6) is 0 Å². The molecule has 1 aliphatic carbocycles. The molecule has 1 amide bonds. The van der Waals surface area contributed by atoms with E-state index < -0.39 is 0 Å². The summed E-state index contributed by atoms with van der Waals surface area (Å²) in [6.07, 6.45) is 2.04. The SMILES string of the molecule is CC1CNC2(CC2)C(=O)N1.Cl. The molecule has 2 fully saturated rings. The molecule has 1 spiro atoms. The number of amides is 1. The van der Waals surface area contributed by atoms with Crippen LogP contribution < -0.4 is 10.6 Å². The van der Waals surface area contributed by atoms with Crippen LogP contribution in [0, 0.1) is 0 Å². The van der Waals surface area contributed by atoms with Gasteiger partial charge in [-0.05, 0) is 19.8 Å². The minimum atomic E-state index is -0.132. The fraction of sp³-hybridized carbons (Fsp3) is 0.857. The average Bonchev–Trinajstić information content (AvgIpc) is 2.62. The summed E-state index contributed by atoms with van der Waals surface area (Å²) < 4.78 is 0. The Morgan fingerprint density at radius 3 is 2.64 bits per heavy atom. The third-order valence-electron chi connectivity index (χ3n) is 2.31. The monoisotopic (exact) mass is 176 g/mol. The van der Waals surface area contributed by atoms with Crippen molar-refractivity contribution < 1.29 is 4.79 Å². The van der Waals surface area contributed by atoms with Gasteiger partial charge >= 0.3 is 0 Å². The Kier molecular flexibility index (Phi) is 2.12. The number of nitrogens with one attached hydrogen (secondary N) is 2. The highest BCUT2D eigenvalue weighted by Gasteiger charge is 2.51. The standard InChI is InChI=1S/C7H12N2O.ClH/c1-5-4-8-7(2-3-7)6(10)9-5;/h5,8H,2-4H2,1H3,(H,9,10);1H. The number of halogens is 1. The van der Waals surface area contributed by atoms with Crippen LogP contribution in [-0.2, 0) is 4.79 Å². The van der Waals surface area contributed by atoms with Crippen molar-refractivity contribution in [2.24, 2.45) is 0 Å². The molecule has 0 radical (unpaired) electrons. The summed E-state index contributed by atoms with van der Waals surface area (Å²) >= 11 is 0. The lowest BCUT2D eigenvalue weighted by molar-refractivity contribution is -0.126. The number of hydrogen-bond donors (Lipinski definition) is 2. The molecule has 0 bridgehead atoms. The Hall–Kier alpha value is -0.280. The van der Waals surface area contributed by atoms with E-state index in [1.807, 2.05) is 6.92 Å². The predicted molar refractivity (Wildman–Crippen MR) is 44.8 cm³/mol. The van der Waals surface area contributed by atoms with Crippen molar-refractivity contribution in [3.8, 4) is 0 Å². The average molecular weight is 177 g/mol. The van der Waals surface area contributed by atoms with Gasteiger partial charge in [0.1, 0.15) is 0 Å². The van der Waals surface area contributed by atoms with Gasteiger partial charge in [-0.1, -0.05) is 0 Å². The minimum absolute atomic E-state index is 0. The third-order valence-corrected chi connectivity index (χ3v) is 2.31. The Balaban J connectivity index is 0.000000605. The zero-order chi connectivity index (χ0) is 7.19. The van der Waals surface area contributed by atoms with E-state index >= 15 is 0 Å². The van der Waals surface area contributed by atoms with Gasteiger partial charge in [0, 0.05) is 12.6 Å². The molecule has 1 atom stereocenters. The summed E-state index contributed by atoms with van der Waals surface area (Å²) in [5, 5.41) is 6.19. The largest absolute Gasteiger partial charge is 0.351 e. The van der Waals surface area contributed by atoms with E-state index in [1.165, 1.54) is 0 Å². The molecule has 1 heterocycles.